The van der Waals surface area contributed by atoms with Crippen molar-refractivity contribution in [3.05, 3.63) is 29.3 Å². The number of carbonyl (C=O) groups excluding carboxylic acids is 2. The molecule has 0 aliphatic carbocycles. The Bertz CT molecular complexity index is 551. The van der Waals surface area contributed by atoms with Gasteiger partial charge in [-0.1, -0.05) is 6.92 Å². The molecule has 7 heteroatoms. The lowest BCUT2D eigenvalue weighted by molar-refractivity contribution is -0.125. The highest BCUT2D eigenvalue weighted by molar-refractivity contribution is 5.85. The first kappa shape index (κ1) is 17.3. The van der Waals surface area contributed by atoms with E-state index in [1.807, 2.05) is 10.2 Å². The van der Waals surface area contributed by atoms with E-state index in [2.05, 4.69) is 5.32 Å². The minimum absolute atomic E-state index is 0.0113. The maximum Gasteiger partial charge on any atom is 0.226 e. The SMILES string of the molecule is CC(CCC(=O)NC=O)c1c(F)cc(N2CCNCC2)cc1F. The molecule has 1 aromatic rings. The van der Waals surface area contributed by atoms with Gasteiger partial charge in [-0.25, -0.2) is 8.78 Å². The average Bonchev–Trinajstić information content (AvgIpc) is 2.53. The molecule has 2 amide bonds. The van der Waals surface area contributed by atoms with Crippen molar-refractivity contribution in [3.63, 3.8) is 0 Å². The summed E-state index contributed by atoms with van der Waals surface area (Å²) in [5.41, 5.74) is 0.527. The lowest BCUT2D eigenvalue weighted by atomic mass is 9.94. The summed E-state index contributed by atoms with van der Waals surface area (Å²) < 4.78 is 28.7. The molecule has 0 radical (unpaired) electrons. The molecule has 0 bridgehead atoms. The Kier molecular flexibility index (Phi) is 6.04. The molecule has 2 rings (SSSR count). The van der Waals surface area contributed by atoms with Crippen LogP contribution in [0.5, 0.6) is 0 Å². The van der Waals surface area contributed by atoms with Gasteiger partial charge in [-0.05, 0) is 24.5 Å². The number of nitrogens with zero attached hydrogens (tertiary/aromatic N) is 1. The third-order valence-electron chi connectivity index (χ3n) is 4.06. The van der Waals surface area contributed by atoms with Crippen molar-refractivity contribution >= 4 is 18.0 Å². The summed E-state index contributed by atoms with van der Waals surface area (Å²) in [7, 11) is 0. The zero-order chi connectivity index (χ0) is 16.8. The van der Waals surface area contributed by atoms with Crippen molar-refractivity contribution in [1.29, 1.82) is 0 Å². The molecule has 0 aromatic heterocycles. The van der Waals surface area contributed by atoms with Gasteiger partial charge in [0.2, 0.25) is 12.3 Å². The molecule has 0 saturated carbocycles. The highest BCUT2D eigenvalue weighted by Crippen LogP contribution is 2.30. The molecular formula is C16H21F2N3O2. The summed E-state index contributed by atoms with van der Waals surface area (Å²) in [5.74, 6) is -2.10. The van der Waals surface area contributed by atoms with Crippen molar-refractivity contribution in [3.8, 4) is 0 Å². The Hall–Kier alpha value is -2.02. The van der Waals surface area contributed by atoms with E-state index in [0.717, 1.165) is 13.1 Å². The van der Waals surface area contributed by atoms with E-state index < -0.39 is 23.5 Å². The maximum atomic E-state index is 14.3. The normalized spacial score (nSPS) is 16.0. The molecule has 126 valence electrons. The first-order chi connectivity index (χ1) is 11.0. The van der Waals surface area contributed by atoms with Crippen LogP contribution in [0.1, 0.15) is 31.2 Å². The zero-order valence-electron chi connectivity index (χ0n) is 13.1. The first-order valence-corrected chi connectivity index (χ1v) is 7.70. The van der Waals surface area contributed by atoms with Crippen LogP contribution in [0.2, 0.25) is 0 Å². The first-order valence-electron chi connectivity index (χ1n) is 7.70. The molecule has 5 nitrogen and oxygen atoms in total. The molecule has 1 unspecified atom stereocenters. The number of rotatable bonds is 6. The number of imide groups is 1. The fourth-order valence-corrected chi connectivity index (χ4v) is 2.78. The van der Waals surface area contributed by atoms with E-state index >= 15 is 0 Å². The van der Waals surface area contributed by atoms with E-state index in [9.17, 15) is 18.4 Å². The van der Waals surface area contributed by atoms with E-state index in [-0.39, 0.29) is 18.4 Å². The molecule has 2 N–H and O–H groups in total. The fourth-order valence-electron chi connectivity index (χ4n) is 2.78. The van der Waals surface area contributed by atoms with E-state index in [4.69, 9.17) is 0 Å². The van der Waals surface area contributed by atoms with Crippen molar-refractivity contribution in [1.82, 2.24) is 10.6 Å². The third-order valence-corrected chi connectivity index (χ3v) is 4.06. The zero-order valence-corrected chi connectivity index (χ0v) is 13.1. The Labute approximate surface area is 134 Å². The van der Waals surface area contributed by atoms with Crippen LogP contribution in [0.3, 0.4) is 0 Å². The Morgan fingerprint density at radius 2 is 1.96 bits per heavy atom. The summed E-state index contributed by atoms with van der Waals surface area (Å²) in [5, 5.41) is 5.20. The van der Waals surface area contributed by atoms with Crippen LogP contribution in [0.25, 0.3) is 0 Å². The number of nitrogens with one attached hydrogen (secondary N) is 2. The summed E-state index contributed by atoms with van der Waals surface area (Å²) in [4.78, 5) is 23.4. The van der Waals surface area contributed by atoms with Crippen LogP contribution in [-0.4, -0.2) is 38.5 Å². The van der Waals surface area contributed by atoms with Gasteiger partial charge in [-0.15, -0.1) is 0 Å². The van der Waals surface area contributed by atoms with Crippen LogP contribution < -0.4 is 15.5 Å². The quantitative estimate of drug-likeness (QED) is 0.779. The van der Waals surface area contributed by atoms with Crippen LogP contribution in [0.15, 0.2) is 12.1 Å². The average molecular weight is 325 g/mol. The summed E-state index contributed by atoms with van der Waals surface area (Å²) in [6.07, 6.45) is 0.606. The second-order valence-electron chi connectivity index (χ2n) is 5.69. The second kappa shape index (κ2) is 8.01. The summed E-state index contributed by atoms with van der Waals surface area (Å²) in [6.45, 7) is 4.65. The Morgan fingerprint density at radius 1 is 1.35 bits per heavy atom. The topological polar surface area (TPSA) is 61.4 Å². The lowest BCUT2D eigenvalue weighted by Crippen LogP contribution is -2.43. The van der Waals surface area contributed by atoms with Gasteiger partial charge in [0, 0.05) is 43.9 Å². The standard InChI is InChI=1S/C16H21F2N3O2/c1-11(2-3-15(23)20-10-22)16-13(17)8-12(9-14(16)18)21-6-4-19-5-7-21/h8-11,19H,2-7H2,1H3,(H,20,22,23). The molecule has 1 aliphatic heterocycles. The molecule has 23 heavy (non-hydrogen) atoms. The number of carbonyl (C=O) groups is 2. The van der Waals surface area contributed by atoms with Crippen LogP contribution in [-0.2, 0) is 9.59 Å². The third kappa shape index (κ3) is 4.48. The van der Waals surface area contributed by atoms with Crippen molar-refractivity contribution in [2.75, 3.05) is 31.1 Å². The van der Waals surface area contributed by atoms with Crippen LogP contribution >= 0.6 is 0 Å². The minimum Gasteiger partial charge on any atom is -0.369 e. The van der Waals surface area contributed by atoms with E-state index in [1.165, 1.54) is 12.1 Å². The highest BCUT2D eigenvalue weighted by Gasteiger charge is 2.21. The second-order valence-corrected chi connectivity index (χ2v) is 5.69. The van der Waals surface area contributed by atoms with Crippen molar-refractivity contribution < 1.29 is 18.4 Å². The molecular weight excluding hydrogens is 304 g/mol. The monoisotopic (exact) mass is 325 g/mol. The molecule has 1 fully saturated rings. The summed E-state index contributed by atoms with van der Waals surface area (Å²) >= 11 is 0. The van der Waals surface area contributed by atoms with Gasteiger partial charge in [0.1, 0.15) is 11.6 Å². The molecule has 1 aliphatic rings. The van der Waals surface area contributed by atoms with Gasteiger partial charge >= 0.3 is 0 Å². The fraction of sp³-hybridized carbons (Fsp3) is 0.500. The van der Waals surface area contributed by atoms with Gasteiger partial charge in [-0.2, -0.15) is 0 Å². The predicted octanol–water partition coefficient (Wildman–Crippen LogP) is 1.53. The van der Waals surface area contributed by atoms with Crippen molar-refractivity contribution in [2.45, 2.75) is 25.7 Å². The molecule has 1 saturated heterocycles. The lowest BCUT2D eigenvalue weighted by Gasteiger charge is -2.30. The van der Waals surface area contributed by atoms with Gasteiger partial charge in [-0.3, -0.25) is 14.9 Å². The number of piperazine rings is 1. The maximum absolute atomic E-state index is 14.3. The molecule has 1 heterocycles. The van der Waals surface area contributed by atoms with Gasteiger partial charge < -0.3 is 10.2 Å². The smallest absolute Gasteiger partial charge is 0.226 e. The summed E-state index contributed by atoms with van der Waals surface area (Å²) in [6, 6.07) is 2.71. The Balaban J connectivity index is 2.09. The van der Waals surface area contributed by atoms with Crippen molar-refractivity contribution in [2.24, 2.45) is 0 Å². The molecule has 0 spiro atoms. The molecule has 1 aromatic carbocycles. The van der Waals surface area contributed by atoms with E-state index in [1.54, 1.807) is 6.92 Å². The van der Waals surface area contributed by atoms with E-state index in [0.29, 0.717) is 25.2 Å². The number of amides is 2. The van der Waals surface area contributed by atoms with Crippen LogP contribution in [0, 0.1) is 11.6 Å². The Morgan fingerprint density at radius 3 is 2.52 bits per heavy atom. The van der Waals surface area contributed by atoms with Crippen LogP contribution in [0.4, 0.5) is 14.5 Å². The minimum atomic E-state index is -0.596. The number of hydrogen-bond donors (Lipinski definition) is 2. The number of halogens is 2. The van der Waals surface area contributed by atoms with Gasteiger partial charge in [0.25, 0.3) is 0 Å². The number of anilines is 1. The van der Waals surface area contributed by atoms with Gasteiger partial charge in [0.05, 0.1) is 0 Å². The molecule has 1 atom stereocenters. The number of benzene rings is 1. The predicted molar refractivity (Wildman–Crippen MR) is 83.3 cm³/mol. The van der Waals surface area contributed by atoms with Gasteiger partial charge in [0.15, 0.2) is 0 Å². The number of hydrogen-bond acceptors (Lipinski definition) is 4. The highest BCUT2D eigenvalue weighted by atomic mass is 19.1. The largest absolute Gasteiger partial charge is 0.369 e.